The largest absolute Gasteiger partial charge is 0.478 e. The Morgan fingerprint density at radius 3 is 2.94 bits per heavy atom. The molecule has 17 heavy (non-hydrogen) atoms. The molecule has 0 aliphatic heterocycles. The van der Waals surface area contributed by atoms with Gasteiger partial charge in [-0.15, -0.1) is 0 Å². The summed E-state index contributed by atoms with van der Waals surface area (Å²) in [5.74, 6) is -0.912. The molecule has 3 heteroatoms. The van der Waals surface area contributed by atoms with Crippen LogP contribution in [-0.2, 0) is 11.3 Å². The van der Waals surface area contributed by atoms with E-state index < -0.39 is 5.97 Å². The Kier molecular flexibility index (Phi) is 3.59. The minimum atomic E-state index is -0.912. The SMILES string of the molecule is CN(Cc1cccc(/C=C/C(=O)O)c1)C1CC1. The summed E-state index contributed by atoms with van der Waals surface area (Å²) >= 11 is 0. The van der Waals surface area contributed by atoms with Crippen LogP contribution in [0.5, 0.6) is 0 Å². The summed E-state index contributed by atoms with van der Waals surface area (Å²) in [5, 5.41) is 8.58. The van der Waals surface area contributed by atoms with Gasteiger partial charge in [0.15, 0.2) is 0 Å². The van der Waals surface area contributed by atoms with Gasteiger partial charge in [-0.2, -0.15) is 0 Å². The third-order valence-electron chi connectivity index (χ3n) is 2.97. The molecule has 0 spiro atoms. The van der Waals surface area contributed by atoms with Crippen LogP contribution in [0, 0.1) is 0 Å². The maximum Gasteiger partial charge on any atom is 0.328 e. The average molecular weight is 231 g/mol. The van der Waals surface area contributed by atoms with Crippen molar-refractivity contribution in [3.63, 3.8) is 0 Å². The van der Waals surface area contributed by atoms with Crippen LogP contribution in [0.1, 0.15) is 24.0 Å². The predicted molar refractivity (Wildman–Crippen MR) is 67.6 cm³/mol. The van der Waals surface area contributed by atoms with Gasteiger partial charge in [-0.3, -0.25) is 4.90 Å². The summed E-state index contributed by atoms with van der Waals surface area (Å²) in [6.07, 6.45) is 5.40. The minimum absolute atomic E-state index is 0.744. The molecule has 0 radical (unpaired) electrons. The Morgan fingerprint density at radius 2 is 2.29 bits per heavy atom. The van der Waals surface area contributed by atoms with Crippen LogP contribution >= 0.6 is 0 Å². The molecule has 0 heterocycles. The molecule has 0 atom stereocenters. The molecule has 0 amide bonds. The van der Waals surface area contributed by atoms with Crippen molar-refractivity contribution in [2.24, 2.45) is 0 Å². The van der Waals surface area contributed by atoms with Crippen LogP contribution in [0.15, 0.2) is 30.3 Å². The van der Waals surface area contributed by atoms with Crippen molar-refractivity contribution in [3.05, 3.63) is 41.5 Å². The molecule has 1 N–H and O–H groups in total. The first-order valence-corrected chi connectivity index (χ1v) is 5.85. The number of hydrogen-bond acceptors (Lipinski definition) is 2. The fourth-order valence-corrected chi connectivity index (χ4v) is 1.90. The first-order chi connectivity index (χ1) is 8.15. The molecule has 90 valence electrons. The van der Waals surface area contributed by atoms with E-state index in [0.717, 1.165) is 18.2 Å². The highest BCUT2D eigenvalue weighted by molar-refractivity contribution is 5.85. The Labute approximate surface area is 101 Å². The number of carboxylic acids is 1. The number of rotatable bonds is 5. The monoisotopic (exact) mass is 231 g/mol. The molecule has 0 bridgehead atoms. The molecule has 1 aromatic carbocycles. The van der Waals surface area contributed by atoms with E-state index in [1.165, 1.54) is 24.5 Å². The third-order valence-corrected chi connectivity index (χ3v) is 2.97. The van der Waals surface area contributed by atoms with Crippen molar-refractivity contribution in [2.75, 3.05) is 7.05 Å². The highest BCUT2D eigenvalue weighted by atomic mass is 16.4. The smallest absolute Gasteiger partial charge is 0.328 e. The zero-order valence-corrected chi connectivity index (χ0v) is 9.97. The maximum absolute atomic E-state index is 10.4. The summed E-state index contributed by atoms with van der Waals surface area (Å²) < 4.78 is 0. The molecule has 0 aromatic heterocycles. The van der Waals surface area contributed by atoms with Gasteiger partial charge >= 0.3 is 5.97 Å². The molecule has 0 unspecified atom stereocenters. The van der Waals surface area contributed by atoms with Crippen molar-refractivity contribution in [2.45, 2.75) is 25.4 Å². The van der Waals surface area contributed by atoms with Crippen LogP contribution in [0.25, 0.3) is 6.08 Å². The number of carboxylic acid groups (broad SMARTS) is 1. The van der Waals surface area contributed by atoms with Gasteiger partial charge in [0.25, 0.3) is 0 Å². The van der Waals surface area contributed by atoms with Crippen LogP contribution in [0.2, 0.25) is 0 Å². The standard InChI is InChI=1S/C14H17NO2/c1-15(13-6-7-13)10-12-4-2-3-11(9-12)5-8-14(16)17/h2-5,8-9,13H,6-7,10H2,1H3,(H,16,17)/b8-5+. The summed E-state index contributed by atoms with van der Waals surface area (Å²) in [4.78, 5) is 12.8. The quantitative estimate of drug-likeness (QED) is 0.791. The van der Waals surface area contributed by atoms with Gasteiger partial charge in [0.2, 0.25) is 0 Å². The Hall–Kier alpha value is -1.61. The van der Waals surface area contributed by atoms with E-state index in [4.69, 9.17) is 5.11 Å². The molecule has 1 aromatic rings. The lowest BCUT2D eigenvalue weighted by molar-refractivity contribution is -0.131. The first kappa shape index (κ1) is 11.9. The third kappa shape index (κ3) is 3.71. The van der Waals surface area contributed by atoms with E-state index in [1.54, 1.807) is 6.08 Å². The summed E-state index contributed by atoms with van der Waals surface area (Å²) in [6.45, 7) is 0.930. The molecular weight excluding hydrogens is 214 g/mol. The topological polar surface area (TPSA) is 40.5 Å². The minimum Gasteiger partial charge on any atom is -0.478 e. The molecule has 1 aliphatic rings. The number of carbonyl (C=O) groups is 1. The number of aliphatic carboxylic acids is 1. The lowest BCUT2D eigenvalue weighted by atomic mass is 10.1. The fourth-order valence-electron chi connectivity index (χ4n) is 1.90. The summed E-state index contributed by atoms with van der Waals surface area (Å²) in [6, 6.07) is 8.75. The van der Waals surface area contributed by atoms with Gasteiger partial charge in [-0.1, -0.05) is 24.3 Å². The highest BCUT2D eigenvalue weighted by Crippen LogP contribution is 2.26. The van der Waals surface area contributed by atoms with Gasteiger partial charge in [0.05, 0.1) is 0 Å². The van der Waals surface area contributed by atoms with E-state index in [0.29, 0.717) is 0 Å². The maximum atomic E-state index is 10.4. The predicted octanol–water partition coefficient (Wildman–Crippen LogP) is 2.38. The molecular formula is C14H17NO2. The van der Waals surface area contributed by atoms with Crippen LogP contribution < -0.4 is 0 Å². The summed E-state index contributed by atoms with van der Waals surface area (Å²) in [7, 11) is 2.14. The average Bonchev–Trinajstić information content (AvgIpc) is 3.10. The van der Waals surface area contributed by atoms with E-state index >= 15 is 0 Å². The lowest BCUT2D eigenvalue weighted by Crippen LogP contribution is -2.19. The second-order valence-corrected chi connectivity index (χ2v) is 4.56. The number of nitrogens with zero attached hydrogens (tertiary/aromatic N) is 1. The molecule has 1 fully saturated rings. The highest BCUT2D eigenvalue weighted by Gasteiger charge is 2.25. The van der Waals surface area contributed by atoms with E-state index in [-0.39, 0.29) is 0 Å². The zero-order chi connectivity index (χ0) is 12.3. The van der Waals surface area contributed by atoms with Crippen LogP contribution in [-0.4, -0.2) is 29.1 Å². The molecule has 2 rings (SSSR count). The molecule has 0 saturated heterocycles. The van der Waals surface area contributed by atoms with Crippen molar-refractivity contribution in [1.29, 1.82) is 0 Å². The Morgan fingerprint density at radius 1 is 1.53 bits per heavy atom. The van der Waals surface area contributed by atoms with Crippen molar-refractivity contribution < 1.29 is 9.90 Å². The number of hydrogen-bond donors (Lipinski definition) is 1. The van der Waals surface area contributed by atoms with Gasteiger partial charge in [-0.25, -0.2) is 4.79 Å². The summed E-state index contributed by atoms with van der Waals surface area (Å²) in [5.41, 5.74) is 2.17. The van der Waals surface area contributed by atoms with E-state index in [9.17, 15) is 4.79 Å². The fraction of sp³-hybridized carbons (Fsp3) is 0.357. The van der Waals surface area contributed by atoms with Crippen molar-refractivity contribution in [3.8, 4) is 0 Å². The van der Waals surface area contributed by atoms with E-state index in [1.807, 2.05) is 18.2 Å². The Balaban J connectivity index is 2.02. The van der Waals surface area contributed by atoms with Gasteiger partial charge < -0.3 is 5.11 Å². The van der Waals surface area contributed by atoms with Gasteiger partial charge in [0, 0.05) is 18.7 Å². The first-order valence-electron chi connectivity index (χ1n) is 5.85. The Bertz CT molecular complexity index is 436. The van der Waals surface area contributed by atoms with Crippen molar-refractivity contribution in [1.82, 2.24) is 4.90 Å². The lowest BCUT2D eigenvalue weighted by Gasteiger charge is -2.15. The second kappa shape index (κ2) is 5.15. The number of benzene rings is 1. The zero-order valence-electron chi connectivity index (χ0n) is 9.97. The van der Waals surface area contributed by atoms with Crippen LogP contribution in [0.3, 0.4) is 0 Å². The molecule has 1 aliphatic carbocycles. The molecule has 3 nitrogen and oxygen atoms in total. The second-order valence-electron chi connectivity index (χ2n) is 4.56. The van der Waals surface area contributed by atoms with Crippen LogP contribution in [0.4, 0.5) is 0 Å². The van der Waals surface area contributed by atoms with Crippen molar-refractivity contribution >= 4 is 12.0 Å². The molecule has 1 saturated carbocycles. The normalized spacial score (nSPS) is 15.6. The van der Waals surface area contributed by atoms with Gasteiger partial charge in [0.1, 0.15) is 0 Å². The van der Waals surface area contributed by atoms with E-state index in [2.05, 4.69) is 18.0 Å². The van der Waals surface area contributed by atoms with Gasteiger partial charge in [-0.05, 0) is 37.1 Å².